The summed E-state index contributed by atoms with van der Waals surface area (Å²) in [5.41, 5.74) is 1.05. The largest absolute Gasteiger partial charge is 0.478 e. The van der Waals surface area contributed by atoms with Crippen molar-refractivity contribution < 1.29 is 14.3 Å². The topological polar surface area (TPSA) is 83.6 Å². The fourth-order valence-electron chi connectivity index (χ4n) is 4.05. The van der Waals surface area contributed by atoms with Crippen LogP contribution in [0.2, 0.25) is 0 Å². The number of ketones is 1. The summed E-state index contributed by atoms with van der Waals surface area (Å²) in [6, 6.07) is 11.1. The van der Waals surface area contributed by atoms with E-state index in [9.17, 15) is 9.59 Å². The normalized spacial score (nSPS) is 21.4. The predicted molar refractivity (Wildman–Crippen MR) is 115 cm³/mol. The first-order valence-electron chi connectivity index (χ1n) is 10.5. The molecule has 0 unspecified atom stereocenters. The van der Waals surface area contributed by atoms with Crippen LogP contribution in [0.5, 0.6) is 5.75 Å². The van der Waals surface area contributed by atoms with Crippen molar-refractivity contribution in [3.8, 4) is 5.75 Å². The van der Waals surface area contributed by atoms with Crippen LogP contribution < -0.4 is 15.4 Å². The zero-order chi connectivity index (χ0) is 21.1. The molecular weight excluding hydrogens is 380 g/mol. The molecule has 158 valence electrons. The fraction of sp³-hybridized carbons (Fsp3) is 0.435. The molecule has 2 fully saturated rings. The van der Waals surface area contributed by atoms with Gasteiger partial charge >= 0.3 is 6.03 Å². The molecule has 0 radical (unpaired) electrons. The Morgan fingerprint density at radius 1 is 1.23 bits per heavy atom. The van der Waals surface area contributed by atoms with Gasteiger partial charge in [-0.1, -0.05) is 19.9 Å². The van der Waals surface area contributed by atoms with Gasteiger partial charge in [-0.15, -0.1) is 0 Å². The highest BCUT2D eigenvalue weighted by molar-refractivity contribution is 5.91. The van der Waals surface area contributed by atoms with Gasteiger partial charge in [0.1, 0.15) is 5.75 Å². The zero-order valence-electron chi connectivity index (χ0n) is 17.4. The average molecular weight is 409 g/mol. The van der Waals surface area contributed by atoms with E-state index in [4.69, 9.17) is 4.74 Å². The number of likely N-dealkylation sites (tertiary alicyclic amines) is 1. The molecule has 1 atom stereocenters. The van der Waals surface area contributed by atoms with E-state index in [-0.39, 0.29) is 17.7 Å². The van der Waals surface area contributed by atoms with Gasteiger partial charge in [0.2, 0.25) is 0 Å². The molecule has 4 rings (SSSR count). The Kier molecular flexibility index (Phi) is 5.72. The van der Waals surface area contributed by atoms with Gasteiger partial charge in [-0.25, -0.2) is 4.79 Å². The van der Waals surface area contributed by atoms with E-state index in [1.54, 1.807) is 23.2 Å². The first-order valence-corrected chi connectivity index (χ1v) is 10.5. The third-order valence-corrected chi connectivity index (χ3v) is 5.83. The summed E-state index contributed by atoms with van der Waals surface area (Å²) in [4.78, 5) is 31.1. The van der Waals surface area contributed by atoms with Crippen molar-refractivity contribution in [1.29, 1.82) is 0 Å². The van der Waals surface area contributed by atoms with Crippen molar-refractivity contribution in [2.45, 2.75) is 31.8 Å². The number of ether oxygens (including phenoxy) is 1. The molecular formula is C23H28N4O3. The molecule has 3 heterocycles. The summed E-state index contributed by atoms with van der Waals surface area (Å²) < 4.78 is 6.15. The average Bonchev–Trinajstić information content (AvgIpc) is 3.18. The number of nitrogens with one attached hydrogen (secondary N) is 2. The second-order valence-electron chi connectivity index (χ2n) is 8.38. The van der Waals surface area contributed by atoms with Crippen molar-refractivity contribution in [3.05, 3.63) is 54.4 Å². The monoisotopic (exact) mass is 408 g/mol. The van der Waals surface area contributed by atoms with E-state index in [2.05, 4.69) is 15.6 Å². The number of carbonyl (C=O) groups is 2. The van der Waals surface area contributed by atoms with Gasteiger partial charge in [-0.05, 0) is 42.4 Å². The first-order chi connectivity index (χ1) is 14.5. The maximum absolute atomic E-state index is 12.7. The van der Waals surface area contributed by atoms with Crippen molar-refractivity contribution in [2.24, 2.45) is 5.92 Å². The molecule has 2 saturated heterocycles. The lowest BCUT2D eigenvalue weighted by Crippen LogP contribution is -2.50. The molecule has 0 bridgehead atoms. The van der Waals surface area contributed by atoms with Gasteiger partial charge in [-0.3, -0.25) is 9.78 Å². The Labute approximate surface area is 176 Å². The number of carbonyl (C=O) groups excluding carboxylic acids is 2. The zero-order valence-corrected chi connectivity index (χ0v) is 17.4. The Morgan fingerprint density at radius 3 is 2.60 bits per heavy atom. The Balaban J connectivity index is 1.33. The second-order valence-corrected chi connectivity index (χ2v) is 8.38. The van der Waals surface area contributed by atoms with E-state index in [1.165, 1.54) is 0 Å². The summed E-state index contributed by atoms with van der Waals surface area (Å²) in [6.07, 6.45) is 4.27. The highest BCUT2D eigenvalue weighted by Crippen LogP contribution is 2.30. The van der Waals surface area contributed by atoms with Crippen LogP contribution in [0.25, 0.3) is 0 Å². The van der Waals surface area contributed by atoms with Gasteiger partial charge in [-0.2, -0.15) is 0 Å². The van der Waals surface area contributed by atoms with Crippen molar-refractivity contribution in [1.82, 2.24) is 15.2 Å². The number of urea groups is 1. The molecule has 2 amide bonds. The standard InChI is InChI=1S/C23H28N4O3/c1-16(2)21(28)23(9-11-25-15-23)30-20-7-5-19(6-8-20)26-22(29)27-13-18(14-27)17-4-3-10-24-12-17/h3-8,10,12,16,18,25H,9,11,13-15H2,1-2H3,(H,26,29)/t23-/m0/s1. The second kappa shape index (κ2) is 8.44. The number of hydrogen-bond donors (Lipinski definition) is 2. The number of Topliss-reactive ketones (excluding diaryl/α,β-unsaturated/α-hetero) is 1. The maximum atomic E-state index is 12.7. The Bertz CT molecular complexity index is 886. The minimum absolute atomic E-state index is 0.0875. The van der Waals surface area contributed by atoms with Crippen LogP contribution in [0.1, 0.15) is 31.7 Å². The summed E-state index contributed by atoms with van der Waals surface area (Å²) in [7, 11) is 0. The van der Waals surface area contributed by atoms with Crippen molar-refractivity contribution in [3.63, 3.8) is 0 Å². The summed E-state index contributed by atoms with van der Waals surface area (Å²) in [6.45, 7) is 6.47. The number of amides is 2. The van der Waals surface area contributed by atoms with Crippen LogP contribution in [0.15, 0.2) is 48.8 Å². The molecule has 1 aromatic carbocycles. The predicted octanol–water partition coefficient (Wildman–Crippen LogP) is 3.05. The van der Waals surface area contributed by atoms with E-state index < -0.39 is 5.60 Å². The number of benzene rings is 1. The van der Waals surface area contributed by atoms with Gasteiger partial charge in [0.05, 0.1) is 0 Å². The van der Waals surface area contributed by atoms with Crippen LogP contribution in [0.3, 0.4) is 0 Å². The van der Waals surface area contributed by atoms with Gasteiger partial charge in [0.15, 0.2) is 11.4 Å². The van der Waals surface area contributed by atoms with Gasteiger partial charge in [0.25, 0.3) is 0 Å². The molecule has 2 N–H and O–H groups in total. The van der Waals surface area contributed by atoms with Crippen LogP contribution in [0, 0.1) is 5.92 Å². The van der Waals surface area contributed by atoms with Gasteiger partial charge < -0.3 is 20.3 Å². The number of hydrogen-bond acceptors (Lipinski definition) is 5. The smallest absolute Gasteiger partial charge is 0.321 e. The summed E-state index contributed by atoms with van der Waals surface area (Å²) >= 11 is 0. The molecule has 2 aromatic rings. The molecule has 0 saturated carbocycles. The summed E-state index contributed by atoms with van der Waals surface area (Å²) in [5.74, 6) is 1.00. The molecule has 2 aliphatic rings. The van der Waals surface area contributed by atoms with Crippen molar-refractivity contribution in [2.75, 3.05) is 31.5 Å². The molecule has 2 aliphatic heterocycles. The SMILES string of the molecule is CC(C)C(=O)[C@]1(Oc2ccc(NC(=O)N3CC(c4cccnc4)C3)cc2)CCNC1. The fourth-order valence-corrected chi connectivity index (χ4v) is 4.05. The Hall–Kier alpha value is -2.93. The quantitative estimate of drug-likeness (QED) is 0.768. The molecule has 0 aliphatic carbocycles. The van der Waals surface area contributed by atoms with Crippen LogP contribution >= 0.6 is 0 Å². The van der Waals surface area contributed by atoms with E-state index >= 15 is 0 Å². The van der Waals surface area contributed by atoms with E-state index in [0.29, 0.717) is 43.4 Å². The maximum Gasteiger partial charge on any atom is 0.321 e. The lowest BCUT2D eigenvalue weighted by Gasteiger charge is -2.39. The third-order valence-electron chi connectivity index (χ3n) is 5.83. The van der Waals surface area contributed by atoms with Crippen LogP contribution in [-0.2, 0) is 4.79 Å². The van der Waals surface area contributed by atoms with E-state index in [0.717, 1.165) is 12.1 Å². The molecule has 30 heavy (non-hydrogen) atoms. The highest BCUT2D eigenvalue weighted by Gasteiger charge is 2.44. The number of nitrogens with zero attached hydrogens (tertiary/aromatic N) is 2. The summed E-state index contributed by atoms with van der Waals surface area (Å²) in [5, 5.41) is 6.16. The van der Waals surface area contributed by atoms with E-state index in [1.807, 2.05) is 44.3 Å². The third kappa shape index (κ3) is 4.16. The highest BCUT2D eigenvalue weighted by atomic mass is 16.5. The van der Waals surface area contributed by atoms with Crippen LogP contribution in [0.4, 0.5) is 10.5 Å². The first kappa shape index (κ1) is 20.3. The minimum atomic E-state index is -0.808. The number of pyridine rings is 1. The molecule has 1 aromatic heterocycles. The number of rotatable bonds is 6. The van der Waals surface area contributed by atoms with Gasteiger partial charge in [0, 0.05) is 56.0 Å². The number of aromatic nitrogens is 1. The number of anilines is 1. The minimum Gasteiger partial charge on any atom is -0.478 e. The Morgan fingerprint density at radius 2 is 2.00 bits per heavy atom. The van der Waals surface area contributed by atoms with Crippen LogP contribution in [-0.4, -0.2) is 53.5 Å². The lowest BCUT2D eigenvalue weighted by atomic mass is 9.89. The van der Waals surface area contributed by atoms with Crippen molar-refractivity contribution >= 4 is 17.5 Å². The lowest BCUT2D eigenvalue weighted by molar-refractivity contribution is -0.136. The molecule has 7 nitrogen and oxygen atoms in total. The molecule has 7 heteroatoms. The molecule has 0 spiro atoms.